The van der Waals surface area contributed by atoms with Crippen molar-refractivity contribution in [1.82, 2.24) is 19.5 Å². The normalized spacial score (nSPS) is 10.9. The summed E-state index contributed by atoms with van der Waals surface area (Å²) in [6.45, 7) is 0.312. The van der Waals surface area contributed by atoms with E-state index in [1.807, 2.05) is 54.6 Å². The van der Waals surface area contributed by atoms with Crippen molar-refractivity contribution in [2.24, 2.45) is 0 Å². The number of fused-ring (bicyclic) bond motifs is 1. The molecule has 0 fully saturated rings. The van der Waals surface area contributed by atoms with Gasteiger partial charge in [0.05, 0.1) is 17.6 Å². The Morgan fingerprint density at radius 2 is 1.84 bits per heavy atom. The van der Waals surface area contributed by atoms with Crippen LogP contribution in [-0.4, -0.2) is 25.4 Å². The van der Waals surface area contributed by atoms with E-state index < -0.39 is 5.91 Å². The third-order valence-corrected chi connectivity index (χ3v) is 3.91. The molecule has 3 N–H and O–H groups in total. The number of carbonyl (C=O) groups is 1. The molecule has 25 heavy (non-hydrogen) atoms. The molecule has 0 aliphatic rings. The Hall–Kier alpha value is -3.61. The predicted octanol–water partition coefficient (Wildman–Crippen LogP) is 2.35. The van der Waals surface area contributed by atoms with Crippen molar-refractivity contribution in [3.63, 3.8) is 0 Å². The molecular formula is C18H15N5O2. The summed E-state index contributed by atoms with van der Waals surface area (Å²) in [5.41, 5.74) is 2.43. The van der Waals surface area contributed by atoms with Crippen LogP contribution < -0.4 is 11.0 Å². The molecule has 0 aliphatic heterocycles. The Morgan fingerprint density at radius 3 is 2.64 bits per heavy atom. The van der Waals surface area contributed by atoms with Gasteiger partial charge in [-0.3, -0.25) is 14.7 Å². The number of nitrogens with zero attached hydrogens (tertiary/aromatic N) is 2. The standard InChI is InChI=1S/C18H15N5O2/c24-16(22-17-20-13-8-4-5-9-14(13)21-17)15-10-19-18(25)23(15)11-12-6-2-1-3-7-12/h1-10H,11H2,(H,19,25)(H2,20,21,22,24). The highest BCUT2D eigenvalue weighted by molar-refractivity contribution is 6.02. The lowest BCUT2D eigenvalue weighted by Gasteiger charge is -2.07. The van der Waals surface area contributed by atoms with Crippen molar-refractivity contribution in [3.8, 4) is 0 Å². The molecule has 2 heterocycles. The molecular weight excluding hydrogens is 318 g/mol. The summed E-state index contributed by atoms with van der Waals surface area (Å²) in [6, 6.07) is 17.0. The number of imidazole rings is 2. The predicted molar refractivity (Wildman–Crippen MR) is 94.6 cm³/mol. The second-order valence-corrected chi connectivity index (χ2v) is 5.61. The van der Waals surface area contributed by atoms with Gasteiger partial charge in [-0.05, 0) is 17.7 Å². The van der Waals surface area contributed by atoms with Crippen molar-refractivity contribution < 1.29 is 4.79 Å². The monoisotopic (exact) mass is 333 g/mol. The van der Waals surface area contributed by atoms with Crippen LogP contribution in [-0.2, 0) is 6.54 Å². The summed E-state index contributed by atoms with van der Waals surface area (Å²) >= 11 is 0. The summed E-state index contributed by atoms with van der Waals surface area (Å²) in [4.78, 5) is 34.5. The number of aromatic amines is 2. The van der Waals surface area contributed by atoms with E-state index in [0.717, 1.165) is 16.6 Å². The lowest BCUT2D eigenvalue weighted by atomic mass is 10.2. The van der Waals surface area contributed by atoms with Gasteiger partial charge in [-0.25, -0.2) is 9.78 Å². The van der Waals surface area contributed by atoms with Crippen molar-refractivity contribution in [1.29, 1.82) is 0 Å². The number of hydrogen-bond donors (Lipinski definition) is 3. The molecule has 124 valence electrons. The Bertz CT molecular complexity index is 1060. The average Bonchev–Trinajstić information content (AvgIpc) is 3.19. The number of carbonyl (C=O) groups excluding carboxylic acids is 1. The number of nitrogens with one attached hydrogen (secondary N) is 3. The lowest BCUT2D eigenvalue weighted by molar-refractivity contribution is 0.101. The number of H-pyrrole nitrogens is 2. The number of amides is 1. The minimum Gasteiger partial charge on any atom is -0.324 e. The van der Waals surface area contributed by atoms with Crippen LogP contribution in [0.5, 0.6) is 0 Å². The van der Waals surface area contributed by atoms with E-state index in [2.05, 4.69) is 20.3 Å². The molecule has 2 aromatic carbocycles. The minimum atomic E-state index is -0.409. The molecule has 0 spiro atoms. The first kappa shape index (κ1) is 14.9. The average molecular weight is 333 g/mol. The van der Waals surface area contributed by atoms with Crippen LogP contribution in [0.15, 0.2) is 65.6 Å². The van der Waals surface area contributed by atoms with E-state index in [-0.39, 0.29) is 11.4 Å². The number of anilines is 1. The third kappa shape index (κ3) is 2.94. The largest absolute Gasteiger partial charge is 0.326 e. The number of benzene rings is 2. The first-order chi connectivity index (χ1) is 12.2. The quantitative estimate of drug-likeness (QED) is 0.535. The molecule has 0 radical (unpaired) electrons. The maximum Gasteiger partial charge on any atom is 0.326 e. The zero-order chi connectivity index (χ0) is 17.2. The van der Waals surface area contributed by atoms with Crippen LogP contribution >= 0.6 is 0 Å². The number of hydrogen-bond acceptors (Lipinski definition) is 3. The molecule has 0 aliphatic carbocycles. The van der Waals surface area contributed by atoms with E-state index >= 15 is 0 Å². The van der Waals surface area contributed by atoms with Crippen LogP contribution in [0.2, 0.25) is 0 Å². The number of rotatable bonds is 4. The molecule has 4 aromatic rings. The van der Waals surface area contributed by atoms with Crippen molar-refractivity contribution in [3.05, 3.63) is 82.5 Å². The summed E-state index contributed by atoms with van der Waals surface area (Å²) < 4.78 is 1.40. The van der Waals surface area contributed by atoms with Crippen molar-refractivity contribution >= 4 is 22.9 Å². The highest BCUT2D eigenvalue weighted by Crippen LogP contribution is 2.14. The summed E-state index contributed by atoms with van der Waals surface area (Å²) in [7, 11) is 0. The van der Waals surface area contributed by atoms with Gasteiger partial charge in [-0.2, -0.15) is 0 Å². The molecule has 2 aromatic heterocycles. The van der Waals surface area contributed by atoms with E-state index in [9.17, 15) is 9.59 Å². The zero-order valence-corrected chi connectivity index (χ0v) is 13.2. The number of para-hydroxylation sites is 2. The van der Waals surface area contributed by atoms with E-state index in [1.165, 1.54) is 10.8 Å². The maximum absolute atomic E-state index is 12.6. The molecule has 7 nitrogen and oxygen atoms in total. The van der Waals surface area contributed by atoms with Crippen LogP contribution in [0.3, 0.4) is 0 Å². The fourth-order valence-corrected chi connectivity index (χ4v) is 2.69. The van der Waals surface area contributed by atoms with E-state index in [4.69, 9.17) is 0 Å². The van der Waals surface area contributed by atoms with Crippen LogP contribution in [0, 0.1) is 0 Å². The molecule has 0 saturated carbocycles. The fourth-order valence-electron chi connectivity index (χ4n) is 2.69. The Morgan fingerprint density at radius 1 is 1.08 bits per heavy atom. The topological polar surface area (TPSA) is 95.6 Å². The van der Waals surface area contributed by atoms with Gasteiger partial charge in [-0.1, -0.05) is 42.5 Å². The van der Waals surface area contributed by atoms with Crippen LogP contribution in [0.25, 0.3) is 11.0 Å². The third-order valence-electron chi connectivity index (χ3n) is 3.91. The van der Waals surface area contributed by atoms with Gasteiger partial charge in [0.25, 0.3) is 5.91 Å². The summed E-state index contributed by atoms with van der Waals surface area (Å²) in [5.74, 6) is -0.0700. The van der Waals surface area contributed by atoms with Gasteiger partial charge in [-0.15, -0.1) is 0 Å². The maximum atomic E-state index is 12.6. The number of aromatic nitrogens is 4. The molecule has 4 rings (SSSR count). The zero-order valence-electron chi connectivity index (χ0n) is 13.2. The highest BCUT2D eigenvalue weighted by Gasteiger charge is 2.16. The lowest BCUT2D eigenvalue weighted by Crippen LogP contribution is -2.24. The SMILES string of the molecule is O=C(Nc1nc2ccccc2[nH]1)c1c[nH]c(=O)n1Cc1ccccc1. The van der Waals surface area contributed by atoms with Crippen molar-refractivity contribution in [2.45, 2.75) is 6.54 Å². The molecule has 0 saturated heterocycles. The van der Waals surface area contributed by atoms with Gasteiger partial charge in [0, 0.05) is 6.20 Å². The summed E-state index contributed by atoms with van der Waals surface area (Å²) in [6.07, 6.45) is 1.41. The molecule has 7 heteroatoms. The van der Waals surface area contributed by atoms with Gasteiger partial charge < -0.3 is 9.97 Å². The Kier molecular flexibility index (Phi) is 3.66. The molecule has 0 bridgehead atoms. The van der Waals surface area contributed by atoms with Crippen LogP contribution in [0.1, 0.15) is 16.1 Å². The van der Waals surface area contributed by atoms with Gasteiger partial charge in [0.1, 0.15) is 5.69 Å². The van der Waals surface area contributed by atoms with Gasteiger partial charge in [0.15, 0.2) is 0 Å². The minimum absolute atomic E-state index is 0.245. The van der Waals surface area contributed by atoms with Crippen molar-refractivity contribution in [2.75, 3.05) is 5.32 Å². The molecule has 1 amide bonds. The van der Waals surface area contributed by atoms with Crippen LogP contribution in [0.4, 0.5) is 5.95 Å². The first-order valence-corrected chi connectivity index (χ1v) is 7.79. The van der Waals surface area contributed by atoms with Gasteiger partial charge in [0.2, 0.25) is 5.95 Å². The molecule has 0 atom stereocenters. The smallest absolute Gasteiger partial charge is 0.324 e. The first-order valence-electron chi connectivity index (χ1n) is 7.79. The molecule has 0 unspecified atom stereocenters. The fraction of sp³-hybridized carbons (Fsp3) is 0.0556. The second-order valence-electron chi connectivity index (χ2n) is 5.61. The Labute approximate surface area is 142 Å². The second kappa shape index (κ2) is 6.12. The van der Waals surface area contributed by atoms with E-state index in [1.54, 1.807) is 0 Å². The summed E-state index contributed by atoms with van der Waals surface area (Å²) in [5, 5.41) is 2.70. The Balaban J connectivity index is 1.61. The van der Waals surface area contributed by atoms with E-state index in [0.29, 0.717) is 12.5 Å². The highest BCUT2D eigenvalue weighted by atomic mass is 16.2. The van der Waals surface area contributed by atoms with Gasteiger partial charge >= 0.3 is 5.69 Å².